The molecule has 0 radical (unpaired) electrons. The molecule has 2 aromatic rings. The van der Waals surface area contributed by atoms with Crippen molar-refractivity contribution in [2.45, 2.75) is 6.92 Å². The third-order valence-electron chi connectivity index (χ3n) is 3.85. The fourth-order valence-electron chi connectivity index (χ4n) is 2.78. The van der Waals surface area contributed by atoms with Crippen LogP contribution in [0, 0.1) is 0 Å². The van der Waals surface area contributed by atoms with Crippen LogP contribution in [-0.4, -0.2) is 25.5 Å². The summed E-state index contributed by atoms with van der Waals surface area (Å²) in [5.41, 5.74) is 2.94. The van der Waals surface area contributed by atoms with Gasteiger partial charge in [0.25, 0.3) is 5.91 Å². The molecule has 0 saturated heterocycles. The number of ether oxygens (including phenoxy) is 1. The highest BCUT2D eigenvalue weighted by Crippen LogP contribution is 2.40. The Labute approximate surface area is 135 Å². The van der Waals surface area contributed by atoms with E-state index >= 15 is 0 Å². The molecule has 0 atom stereocenters. The second-order valence-corrected chi connectivity index (χ2v) is 5.22. The van der Waals surface area contributed by atoms with Crippen LogP contribution in [-0.2, 0) is 14.3 Å². The summed E-state index contributed by atoms with van der Waals surface area (Å²) in [5.74, 6) is -0.676. The quantitative estimate of drug-likeness (QED) is 0.646. The highest BCUT2D eigenvalue weighted by Gasteiger charge is 2.34. The van der Waals surface area contributed by atoms with E-state index in [4.69, 9.17) is 4.74 Å². The average molecular weight is 307 g/mol. The zero-order valence-corrected chi connectivity index (χ0v) is 13.1. The SMILES string of the molecule is CCOC(=O)/C(=C1/C(=O)N(C)c2ccccc21)c1ccccc1. The zero-order chi connectivity index (χ0) is 16.4. The second-order valence-electron chi connectivity index (χ2n) is 5.22. The van der Waals surface area contributed by atoms with E-state index in [1.165, 1.54) is 0 Å². The Kier molecular flexibility index (Phi) is 3.98. The van der Waals surface area contributed by atoms with E-state index in [-0.39, 0.29) is 12.5 Å². The van der Waals surface area contributed by atoms with Gasteiger partial charge in [0, 0.05) is 12.6 Å². The van der Waals surface area contributed by atoms with Crippen molar-refractivity contribution in [2.75, 3.05) is 18.6 Å². The van der Waals surface area contributed by atoms with Gasteiger partial charge in [-0.05, 0) is 18.6 Å². The summed E-state index contributed by atoms with van der Waals surface area (Å²) in [4.78, 5) is 26.9. The van der Waals surface area contributed by atoms with Crippen molar-refractivity contribution in [3.8, 4) is 0 Å². The van der Waals surface area contributed by atoms with Gasteiger partial charge in [-0.15, -0.1) is 0 Å². The Morgan fingerprint density at radius 1 is 1.04 bits per heavy atom. The summed E-state index contributed by atoms with van der Waals surface area (Å²) in [7, 11) is 1.71. The lowest BCUT2D eigenvalue weighted by atomic mass is 9.95. The molecule has 1 aliphatic heterocycles. The molecule has 0 saturated carbocycles. The number of hydrogen-bond donors (Lipinski definition) is 0. The van der Waals surface area contributed by atoms with Gasteiger partial charge >= 0.3 is 5.97 Å². The molecule has 0 aliphatic carbocycles. The van der Waals surface area contributed by atoms with E-state index in [1.807, 2.05) is 54.6 Å². The number of amides is 1. The predicted octanol–water partition coefficient (Wildman–Crippen LogP) is 3.14. The lowest BCUT2D eigenvalue weighted by molar-refractivity contribution is -0.136. The van der Waals surface area contributed by atoms with Crippen molar-refractivity contribution in [2.24, 2.45) is 0 Å². The van der Waals surface area contributed by atoms with Gasteiger partial charge in [0.15, 0.2) is 0 Å². The lowest BCUT2D eigenvalue weighted by Gasteiger charge is -2.11. The average Bonchev–Trinajstić information content (AvgIpc) is 2.82. The van der Waals surface area contributed by atoms with Crippen molar-refractivity contribution >= 4 is 28.7 Å². The van der Waals surface area contributed by atoms with E-state index in [2.05, 4.69) is 0 Å². The van der Waals surface area contributed by atoms with E-state index in [9.17, 15) is 9.59 Å². The molecule has 1 aliphatic rings. The maximum Gasteiger partial charge on any atom is 0.339 e. The number of fused-ring (bicyclic) bond motifs is 1. The Bertz CT molecular complexity index is 793. The van der Waals surface area contributed by atoms with Crippen molar-refractivity contribution in [3.63, 3.8) is 0 Å². The van der Waals surface area contributed by atoms with Crippen LogP contribution >= 0.6 is 0 Å². The monoisotopic (exact) mass is 307 g/mol. The summed E-state index contributed by atoms with van der Waals surface area (Å²) < 4.78 is 5.20. The predicted molar refractivity (Wildman–Crippen MR) is 89.7 cm³/mol. The fraction of sp³-hybridized carbons (Fsp3) is 0.158. The van der Waals surface area contributed by atoms with Crippen LogP contribution in [0.4, 0.5) is 5.69 Å². The summed E-state index contributed by atoms with van der Waals surface area (Å²) in [6.45, 7) is 2.01. The highest BCUT2D eigenvalue weighted by molar-refractivity contribution is 6.44. The second kappa shape index (κ2) is 6.08. The number of para-hydroxylation sites is 1. The van der Waals surface area contributed by atoms with Gasteiger partial charge in [0.05, 0.1) is 23.4 Å². The van der Waals surface area contributed by atoms with Crippen LogP contribution < -0.4 is 4.90 Å². The van der Waals surface area contributed by atoms with Gasteiger partial charge in [-0.1, -0.05) is 48.5 Å². The number of esters is 1. The molecule has 3 rings (SSSR count). The molecule has 0 aromatic heterocycles. The smallest absolute Gasteiger partial charge is 0.339 e. The summed E-state index contributed by atoms with van der Waals surface area (Å²) in [5, 5.41) is 0. The maximum absolute atomic E-state index is 12.7. The first kappa shape index (κ1) is 15.0. The first-order valence-electron chi connectivity index (χ1n) is 7.49. The first-order chi connectivity index (χ1) is 11.1. The third-order valence-corrected chi connectivity index (χ3v) is 3.85. The Hall–Kier alpha value is -2.88. The summed E-state index contributed by atoms with van der Waals surface area (Å²) >= 11 is 0. The highest BCUT2D eigenvalue weighted by atomic mass is 16.5. The zero-order valence-electron chi connectivity index (χ0n) is 13.1. The molecular weight excluding hydrogens is 290 g/mol. The van der Waals surface area contributed by atoms with Crippen molar-refractivity contribution in [3.05, 3.63) is 65.7 Å². The van der Waals surface area contributed by atoms with Gasteiger partial charge in [0.2, 0.25) is 0 Å². The standard InChI is InChI=1S/C19H17NO3/c1-3-23-19(22)16(13-9-5-4-6-10-13)17-14-11-7-8-12-15(14)20(2)18(17)21/h4-12H,3H2,1-2H3/b17-16+. The number of carbonyl (C=O) groups excluding carboxylic acids is 2. The van der Waals surface area contributed by atoms with E-state index in [0.717, 1.165) is 11.3 Å². The number of rotatable bonds is 3. The molecule has 2 aromatic carbocycles. The Morgan fingerprint density at radius 3 is 2.39 bits per heavy atom. The Morgan fingerprint density at radius 2 is 1.70 bits per heavy atom. The molecule has 0 bridgehead atoms. The third kappa shape index (κ3) is 2.52. The molecule has 1 amide bonds. The number of benzene rings is 2. The molecule has 0 fully saturated rings. The van der Waals surface area contributed by atoms with Crippen LogP contribution in [0.2, 0.25) is 0 Å². The minimum atomic E-state index is -0.479. The molecule has 23 heavy (non-hydrogen) atoms. The van der Waals surface area contributed by atoms with Gasteiger partial charge in [-0.25, -0.2) is 4.79 Å². The molecule has 0 N–H and O–H groups in total. The van der Waals surface area contributed by atoms with Crippen molar-refractivity contribution < 1.29 is 14.3 Å². The number of likely N-dealkylation sites (N-methyl/N-ethyl adjacent to an activating group) is 1. The fourth-order valence-corrected chi connectivity index (χ4v) is 2.78. The number of hydrogen-bond acceptors (Lipinski definition) is 3. The normalized spacial score (nSPS) is 15.4. The lowest BCUT2D eigenvalue weighted by Crippen LogP contribution is -2.22. The minimum absolute atomic E-state index is 0.196. The van der Waals surface area contributed by atoms with Gasteiger partial charge in [-0.3, -0.25) is 4.79 Å². The molecule has 0 unspecified atom stereocenters. The van der Waals surface area contributed by atoms with E-state index in [1.54, 1.807) is 18.9 Å². The molecule has 0 spiro atoms. The molecule has 1 heterocycles. The maximum atomic E-state index is 12.7. The van der Waals surface area contributed by atoms with Crippen LogP contribution in [0.15, 0.2) is 54.6 Å². The molecular formula is C19H17NO3. The van der Waals surface area contributed by atoms with E-state index in [0.29, 0.717) is 16.7 Å². The number of anilines is 1. The topological polar surface area (TPSA) is 46.6 Å². The first-order valence-corrected chi connectivity index (χ1v) is 7.49. The van der Waals surface area contributed by atoms with Gasteiger partial charge in [-0.2, -0.15) is 0 Å². The molecule has 4 nitrogen and oxygen atoms in total. The molecule has 4 heteroatoms. The van der Waals surface area contributed by atoms with Crippen LogP contribution in [0.3, 0.4) is 0 Å². The van der Waals surface area contributed by atoms with Crippen molar-refractivity contribution in [1.82, 2.24) is 0 Å². The largest absolute Gasteiger partial charge is 0.462 e. The summed E-state index contributed by atoms with van der Waals surface area (Å²) in [6.07, 6.45) is 0. The van der Waals surface area contributed by atoms with Gasteiger partial charge in [0.1, 0.15) is 0 Å². The van der Waals surface area contributed by atoms with Crippen LogP contribution in [0.5, 0.6) is 0 Å². The minimum Gasteiger partial charge on any atom is -0.462 e. The number of carbonyl (C=O) groups is 2. The Balaban J connectivity index is 2.29. The van der Waals surface area contributed by atoms with Crippen LogP contribution in [0.25, 0.3) is 11.1 Å². The van der Waals surface area contributed by atoms with Crippen molar-refractivity contribution in [1.29, 1.82) is 0 Å². The van der Waals surface area contributed by atoms with Crippen LogP contribution in [0.1, 0.15) is 18.1 Å². The number of nitrogens with zero attached hydrogens (tertiary/aromatic N) is 1. The van der Waals surface area contributed by atoms with Gasteiger partial charge < -0.3 is 9.64 Å². The summed E-state index contributed by atoms with van der Waals surface area (Å²) in [6, 6.07) is 16.6. The molecule has 116 valence electrons. The van der Waals surface area contributed by atoms with E-state index < -0.39 is 5.97 Å².